The van der Waals surface area contributed by atoms with Crippen molar-refractivity contribution in [2.45, 2.75) is 46.1 Å². The second-order valence-corrected chi connectivity index (χ2v) is 5.72. The molecular weight excluding hydrogens is 214 g/mol. The van der Waals surface area contributed by atoms with E-state index in [9.17, 15) is 4.79 Å². The summed E-state index contributed by atoms with van der Waals surface area (Å²) >= 11 is 0. The van der Waals surface area contributed by atoms with Crippen LogP contribution in [0.2, 0.25) is 0 Å². The van der Waals surface area contributed by atoms with E-state index < -0.39 is 0 Å². The van der Waals surface area contributed by atoms with Crippen molar-refractivity contribution in [1.29, 1.82) is 0 Å². The first-order valence-corrected chi connectivity index (χ1v) is 6.73. The lowest BCUT2D eigenvalue weighted by Crippen LogP contribution is -2.55. The zero-order valence-corrected chi connectivity index (χ0v) is 11.7. The largest absolute Gasteiger partial charge is 0.338 e. The quantitative estimate of drug-likeness (QED) is 0.788. The molecule has 0 atom stereocenters. The van der Waals surface area contributed by atoms with E-state index in [0.717, 1.165) is 39.0 Å². The Balaban J connectivity index is 2.32. The molecule has 0 radical (unpaired) electrons. The van der Waals surface area contributed by atoms with Crippen LogP contribution in [0.15, 0.2) is 0 Å². The molecule has 1 aliphatic rings. The highest BCUT2D eigenvalue weighted by atomic mass is 16.2. The third-order valence-electron chi connectivity index (χ3n) is 3.49. The molecule has 0 unspecified atom stereocenters. The van der Waals surface area contributed by atoms with E-state index in [-0.39, 0.29) is 11.6 Å². The van der Waals surface area contributed by atoms with Crippen LogP contribution in [0.1, 0.15) is 40.5 Å². The number of piperidine rings is 1. The SMILES string of the molecule is CCN1CCC(C)(NC(=O)NCC(C)C)CC1. The summed E-state index contributed by atoms with van der Waals surface area (Å²) in [5, 5.41) is 6.03. The van der Waals surface area contributed by atoms with Crippen LogP contribution >= 0.6 is 0 Å². The second kappa shape index (κ2) is 6.24. The number of nitrogens with zero attached hydrogens (tertiary/aromatic N) is 1. The molecule has 4 heteroatoms. The molecule has 17 heavy (non-hydrogen) atoms. The molecule has 0 aliphatic carbocycles. The predicted molar refractivity (Wildman–Crippen MR) is 71.1 cm³/mol. The van der Waals surface area contributed by atoms with Crippen LogP contribution in [-0.2, 0) is 0 Å². The number of rotatable bonds is 4. The van der Waals surface area contributed by atoms with E-state index in [2.05, 4.69) is 43.2 Å². The van der Waals surface area contributed by atoms with E-state index >= 15 is 0 Å². The van der Waals surface area contributed by atoms with Gasteiger partial charge in [0.05, 0.1) is 0 Å². The Morgan fingerprint density at radius 3 is 2.41 bits per heavy atom. The van der Waals surface area contributed by atoms with Gasteiger partial charge in [-0.05, 0) is 32.2 Å². The Morgan fingerprint density at radius 2 is 1.94 bits per heavy atom. The van der Waals surface area contributed by atoms with Gasteiger partial charge in [-0.15, -0.1) is 0 Å². The molecule has 0 aromatic carbocycles. The van der Waals surface area contributed by atoms with Crippen molar-refractivity contribution in [2.24, 2.45) is 5.92 Å². The lowest BCUT2D eigenvalue weighted by atomic mass is 9.90. The summed E-state index contributed by atoms with van der Waals surface area (Å²) in [7, 11) is 0. The monoisotopic (exact) mass is 241 g/mol. The Labute approximate surface area is 105 Å². The predicted octanol–water partition coefficient (Wildman–Crippen LogP) is 1.82. The topological polar surface area (TPSA) is 44.4 Å². The van der Waals surface area contributed by atoms with E-state index in [4.69, 9.17) is 0 Å². The minimum absolute atomic E-state index is 0.0221. The first-order chi connectivity index (χ1) is 7.95. The maximum Gasteiger partial charge on any atom is 0.315 e. The van der Waals surface area contributed by atoms with Crippen LogP contribution in [0, 0.1) is 5.92 Å². The molecule has 1 fully saturated rings. The number of amides is 2. The minimum atomic E-state index is -0.0350. The number of nitrogens with one attached hydrogen (secondary N) is 2. The fourth-order valence-electron chi connectivity index (χ4n) is 2.10. The molecule has 100 valence electrons. The first kappa shape index (κ1) is 14.3. The van der Waals surface area contributed by atoms with Crippen LogP contribution < -0.4 is 10.6 Å². The van der Waals surface area contributed by atoms with E-state index in [1.54, 1.807) is 0 Å². The van der Waals surface area contributed by atoms with Gasteiger partial charge in [0.15, 0.2) is 0 Å². The summed E-state index contributed by atoms with van der Waals surface area (Å²) < 4.78 is 0. The molecule has 1 rings (SSSR count). The van der Waals surface area contributed by atoms with Crippen molar-refractivity contribution >= 4 is 6.03 Å². The number of hydrogen-bond donors (Lipinski definition) is 2. The zero-order chi connectivity index (χ0) is 12.9. The number of urea groups is 1. The van der Waals surface area contributed by atoms with Crippen LogP contribution in [0.3, 0.4) is 0 Å². The molecule has 1 aliphatic heterocycles. The van der Waals surface area contributed by atoms with Crippen LogP contribution in [0.5, 0.6) is 0 Å². The molecule has 0 aromatic rings. The first-order valence-electron chi connectivity index (χ1n) is 6.73. The zero-order valence-electron chi connectivity index (χ0n) is 11.7. The molecule has 0 aromatic heterocycles. The van der Waals surface area contributed by atoms with Gasteiger partial charge in [0.25, 0.3) is 0 Å². The lowest BCUT2D eigenvalue weighted by Gasteiger charge is -2.39. The molecule has 4 nitrogen and oxygen atoms in total. The van der Waals surface area contributed by atoms with Crippen molar-refractivity contribution < 1.29 is 4.79 Å². The van der Waals surface area contributed by atoms with E-state index in [0.29, 0.717) is 5.92 Å². The van der Waals surface area contributed by atoms with E-state index in [1.165, 1.54) is 0 Å². The van der Waals surface area contributed by atoms with Gasteiger partial charge < -0.3 is 15.5 Å². The maximum absolute atomic E-state index is 11.7. The van der Waals surface area contributed by atoms with Crippen LogP contribution in [0.25, 0.3) is 0 Å². The van der Waals surface area contributed by atoms with Gasteiger partial charge in [0, 0.05) is 25.2 Å². The van der Waals surface area contributed by atoms with Crippen molar-refractivity contribution in [3.63, 3.8) is 0 Å². The summed E-state index contributed by atoms with van der Waals surface area (Å²) in [5.41, 5.74) is -0.0350. The fourth-order valence-corrected chi connectivity index (χ4v) is 2.10. The third-order valence-corrected chi connectivity index (χ3v) is 3.49. The molecule has 2 N–H and O–H groups in total. The van der Waals surface area contributed by atoms with Gasteiger partial charge in [-0.3, -0.25) is 0 Å². The summed E-state index contributed by atoms with van der Waals surface area (Å²) in [6.07, 6.45) is 2.08. The normalized spacial score (nSPS) is 20.3. The number of likely N-dealkylation sites (tertiary alicyclic amines) is 1. The van der Waals surface area contributed by atoms with Gasteiger partial charge in [0.2, 0.25) is 0 Å². The number of carbonyl (C=O) groups excluding carboxylic acids is 1. The molecule has 2 amide bonds. The van der Waals surface area contributed by atoms with Gasteiger partial charge in [0.1, 0.15) is 0 Å². The van der Waals surface area contributed by atoms with Gasteiger partial charge in [-0.1, -0.05) is 20.8 Å². The Bertz CT molecular complexity index is 245. The highest BCUT2D eigenvalue weighted by molar-refractivity contribution is 5.74. The van der Waals surface area contributed by atoms with Gasteiger partial charge >= 0.3 is 6.03 Å². The number of hydrogen-bond acceptors (Lipinski definition) is 2. The summed E-state index contributed by atoms with van der Waals surface area (Å²) in [4.78, 5) is 14.2. The van der Waals surface area contributed by atoms with Gasteiger partial charge in [-0.25, -0.2) is 4.79 Å². The van der Waals surface area contributed by atoms with E-state index in [1.807, 2.05) is 0 Å². The average Bonchev–Trinajstić information content (AvgIpc) is 2.27. The molecule has 0 spiro atoms. The van der Waals surface area contributed by atoms with Crippen molar-refractivity contribution in [2.75, 3.05) is 26.2 Å². The Kier molecular flexibility index (Phi) is 5.25. The fraction of sp³-hybridized carbons (Fsp3) is 0.923. The van der Waals surface area contributed by atoms with Crippen molar-refractivity contribution in [3.05, 3.63) is 0 Å². The molecule has 0 saturated carbocycles. The highest BCUT2D eigenvalue weighted by Gasteiger charge is 2.30. The van der Waals surface area contributed by atoms with Crippen molar-refractivity contribution in [1.82, 2.24) is 15.5 Å². The molecule has 0 bridgehead atoms. The van der Waals surface area contributed by atoms with Crippen LogP contribution in [-0.4, -0.2) is 42.6 Å². The summed E-state index contributed by atoms with van der Waals surface area (Å²) in [6.45, 7) is 12.5. The average molecular weight is 241 g/mol. The van der Waals surface area contributed by atoms with Gasteiger partial charge in [-0.2, -0.15) is 0 Å². The summed E-state index contributed by atoms with van der Waals surface area (Å²) in [5.74, 6) is 0.496. The molecule has 1 heterocycles. The van der Waals surface area contributed by atoms with Crippen LogP contribution in [0.4, 0.5) is 4.79 Å². The third kappa shape index (κ3) is 4.94. The molecule has 1 saturated heterocycles. The maximum atomic E-state index is 11.7. The standard InChI is InChI=1S/C13H27N3O/c1-5-16-8-6-13(4,7-9-16)15-12(17)14-10-11(2)3/h11H,5-10H2,1-4H3,(H2,14,15,17). The minimum Gasteiger partial charge on any atom is -0.338 e. The second-order valence-electron chi connectivity index (χ2n) is 5.72. The smallest absolute Gasteiger partial charge is 0.315 e. The molecular formula is C13H27N3O. The van der Waals surface area contributed by atoms with Crippen molar-refractivity contribution in [3.8, 4) is 0 Å². The summed E-state index contributed by atoms with van der Waals surface area (Å²) in [6, 6.07) is -0.0221. The highest BCUT2D eigenvalue weighted by Crippen LogP contribution is 2.21. The Morgan fingerprint density at radius 1 is 1.35 bits per heavy atom. The Hall–Kier alpha value is -0.770. The lowest BCUT2D eigenvalue weighted by molar-refractivity contribution is 0.152. The number of carbonyl (C=O) groups is 1.